The fourth-order valence-electron chi connectivity index (χ4n) is 2.87. The first-order valence-electron chi connectivity index (χ1n) is 6.14. The number of sulfone groups is 1. The number of aliphatic hydroxyl groups excluding tert-OH is 1. The summed E-state index contributed by atoms with van der Waals surface area (Å²) in [4.78, 5) is 0. The Morgan fingerprint density at radius 2 is 1.88 bits per heavy atom. The van der Waals surface area contributed by atoms with E-state index in [2.05, 4.69) is 5.32 Å². The quantitative estimate of drug-likeness (QED) is 0.746. The number of nitrogens with one attached hydrogen (secondary N) is 1. The van der Waals surface area contributed by atoms with E-state index in [0.29, 0.717) is 23.3 Å². The van der Waals surface area contributed by atoms with Crippen LogP contribution in [-0.4, -0.2) is 44.2 Å². The SMILES string of the molecule is O=S1(=O)CCC(CC2CNC(CO)C2)CC1. The molecule has 0 spiro atoms. The van der Waals surface area contributed by atoms with Gasteiger partial charge in [0.2, 0.25) is 0 Å². The summed E-state index contributed by atoms with van der Waals surface area (Å²) in [6.45, 7) is 1.20. The summed E-state index contributed by atoms with van der Waals surface area (Å²) in [5.41, 5.74) is 0. The maximum Gasteiger partial charge on any atom is 0.150 e. The summed E-state index contributed by atoms with van der Waals surface area (Å²) < 4.78 is 22.6. The Hall–Kier alpha value is -0.130. The lowest BCUT2D eigenvalue weighted by Gasteiger charge is -2.24. The van der Waals surface area contributed by atoms with Gasteiger partial charge in [0.25, 0.3) is 0 Å². The Bertz CT molecular complexity index is 314. The van der Waals surface area contributed by atoms with Gasteiger partial charge in [0.1, 0.15) is 9.84 Å². The Morgan fingerprint density at radius 1 is 1.19 bits per heavy atom. The number of hydrogen-bond acceptors (Lipinski definition) is 4. The van der Waals surface area contributed by atoms with Gasteiger partial charge in [-0.25, -0.2) is 8.42 Å². The zero-order chi connectivity index (χ0) is 11.6. The highest BCUT2D eigenvalue weighted by atomic mass is 32.2. The Kier molecular flexibility index (Phi) is 3.87. The summed E-state index contributed by atoms with van der Waals surface area (Å²) in [7, 11) is -2.72. The van der Waals surface area contributed by atoms with E-state index in [4.69, 9.17) is 5.11 Å². The average molecular weight is 247 g/mol. The van der Waals surface area contributed by atoms with Crippen LogP contribution in [0.1, 0.15) is 25.7 Å². The van der Waals surface area contributed by atoms with E-state index in [1.165, 1.54) is 0 Å². The van der Waals surface area contributed by atoms with Crippen molar-refractivity contribution in [1.82, 2.24) is 5.32 Å². The van der Waals surface area contributed by atoms with E-state index in [0.717, 1.165) is 32.2 Å². The molecule has 4 nitrogen and oxygen atoms in total. The van der Waals surface area contributed by atoms with Crippen molar-refractivity contribution in [2.45, 2.75) is 31.7 Å². The number of aliphatic hydroxyl groups is 1. The molecule has 0 radical (unpaired) electrons. The lowest BCUT2D eigenvalue weighted by atomic mass is 9.89. The molecule has 0 aromatic rings. The van der Waals surface area contributed by atoms with E-state index < -0.39 is 9.84 Å². The van der Waals surface area contributed by atoms with Gasteiger partial charge in [-0.15, -0.1) is 0 Å². The third-order valence-electron chi connectivity index (χ3n) is 3.87. The van der Waals surface area contributed by atoms with Gasteiger partial charge in [-0.3, -0.25) is 0 Å². The minimum absolute atomic E-state index is 0.218. The van der Waals surface area contributed by atoms with Crippen LogP contribution in [0, 0.1) is 11.8 Å². The van der Waals surface area contributed by atoms with Gasteiger partial charge < -0.3 is 10.4 Å². The van der Waals surface area contributed by atoms with E-state index in [1.807, 2.05) is 0 Å². The lowest BCUT2D eigenvalue weighted by molar-refractivity contribution is 0.250. The topological polar surface area (TPSA) is 66.4 Å². The van der Waals surface area contributed by atoms with E-state index >= 15 is 0 Å². The standard InChI is InChI=1S/C11H21NO3S/c13-8-11-6-10(7-12-11)5-9-1-3-16(14,15)4-2-9/h9-13H,1-8H2. The van der Waals surface area contributed by atoms with E-state index in [1.54, 1.807) is 0 Å². The summed E-state index contributed by atoms with van der Waals surface area (Å²) in [6, 6.07) is 0.261. The van der Waals surface area contributed by atoms with Crippen molar-refractivity contribution in [3.05, 3.63) is 0 Å². The molecule has 2 saturated heterocycles. The molecular formula is C11H21NO3S. The third-order valence-corrected chi connectivity index (χ3v) is 5.59. The molecule has 0 saturated carbocycles. The molecule has 0 aromatic carbocycles. The summed E-state index contributed by atoms with van der Waals surface area (Å²) in [6.07, 6.45) is 3.84. The first-order chi connectivity index (χ1) is 7.59. The highest BCUT2D eigenvalue weighted by Crippen LogP contribution is 2.29. The van der Waals surface area contributed by atoms with Crippen LogP contribution < -0.4 is 5.32 Å². The second kappa shape index (κ2) is 5.02. The molecular weight excluding hydrogens is 226 g/mol. The van der Waals surface area contributed by atoms with Crippen LogP contribution in [0.4, 0.5) is 0 Å². The number of rotatable bonds is 3. The van der Waals surface area contributed by atoms with Crippen molar-refractivity contribution in [3.8, 4) is 0 Å². The van der Waals surface area contributed by atoms with Gasteiger partial charge in [0.05, 0.1) is 18.1 Å². The number of hydrogen-bond donors (Lipinski definition) is 2. The molecule has 2 rings (SSSR count). The van der Waals surface area contributed by atoms with Gasteiger partial charge >= 0.3 is 0 Å². The largest absolute Gasteiger partial charge is 0.395 e. The molecule has 0 amide bonds. The lowest BCUT2D eigenvalue weighted by Crippen LogP contribution is -2.25. The van der Waals surface area contributed by atoms with Crippen molar-refractivity contribution < 1.29 is 13.5 Å². The Balaban J connectivity index is 1.75. The van der Waals surface area contributed by atoms with Crippen molar-refractivity contribution in [2.75, 3.05) is 24.7 Å². The maximum absolute atomic E-state index is 11.3. The molecule has 0 aliphatic carbocycles. The average Bonchev–Trinajstić information content (AvgIpc) is 2.69. The normalized spacial score (nSPS) is 35.3. The summed E-state index contributed by atoms with van der Waals surface area (Å²) >= 11 is 0. The van der Waals surface area contributed by atoms with Gasteiger partial charge in [-0.2, -0.15) is 0 Å². The second-order valence-electron chi connectivity index (χ2n) is 5.22. The van der Waals surface area contributed by atoms with Crippen LogP contribution >= 0.6 is 0 Å². The highest BCUT2D eigenvalue weighted by molar-refractivity contribution is 7.91. The molecule has 2 aliphatic rings. The smallest absolute Gasteiger partial charge is 0.150 e. The molecule has 94 valence electrons. The predicted molar refractivity (Wildman–Crippen MR) is 63.0 cm³/mol. The molecule has 0 bridgehead atoms. The minimum Gasteiger partial charge on any atom is -0.395 e. The first-order valence-corrected chi connectivity index (χ1v) is 7.96. The fourth-order valence-corrected chi connectivity index (χ4v) is 4.46. The zero-order valence-corrected chi connectivity index (χ0v) is 10.4. The van der Waals surface area contributed by atoms with Gasteiger partial charge in [0, 0.05) is 6.04 Å². The highest BCUT2D eigenvalue weighted by Gasteiger charge is 2.29. The third kappa shape index (κ3) is 3.18. The van der Waals surface area contributed by atoms with E-state index in [-0.39, 0.29) is 12.6 Å². The van der Waals surface area contributed by atoms with Gasteiger partial charge in [-0.1, -0.05) is 0 Å². The van der Waals surface area contributed by atoms with Crippen LogP contribution in [-0.2, 0) is 9.84 Å². The van der Waals surface area contributed by atoms with Crippen LogP contribution in [0.5, 0.6) is 0 Å². The molecule has 2 heterocycles. The summed E-state index contributed by atoms with van der Waals surface area (Å²) in [5.74, 6) is 1.96. The van der Waals surface area contributed by atoms with Crippen molar-refractivity contribution >= 4 is 9.84 Å². The van der Waals surface area contributed by atoms with Crippen LogP contribution in [0.15, 0.2) is 0 Å². The molecule has 5 heteroatoms. The molecule has 2 unspecified atom stereocenters. The maximum atomic E-state index is 11.3. The molecule has 0 aromatic heterocycles. The minimum atomic E-state index is -2.72. The van der Waals surface area contributed by atoms with E-state index in [9.17, 15) is 8.42 Å². The predicted octanol–water partition coefficient (Wildman–Crippen LogP) is 0.172. The van der Waals surface area contributed by atoms with Crippen molar-refractivity contribution in [2.24, 2.45) is 11.8 Å². The first kappa shape index (κ1) is 12.3. The molecule has 2 atom stereocenters. The van der Waals surface area contributed by atoms with Crippen LogP contribution in [0.25, 0.3) is 0 Å². The molecule has 2 fully saturated rings. The van der Waals surface area contributed by atoms with Gasteiger partial charge in [-0.05, 0) is 44.1 Å². The van der Waals surface area contributed by atoms with Crippen LogP contribution in [0.2, 0.25) is 0 Å². The molecule has 16 heavy (non-hydrogen) atoms. The van der Waals surface area contributed by atoms with Crippen LogP contribution in [0.3, 0.4) is 0 Å². The van der Waals surface area contributed by atoms with Gasteiger partial charge in [0.15, 0.2) is 0 Å². The molecule has 2 N–H and O–H groups in total. The van der Waals surface area contributed by atoms with Crippen molar-refractivity contribution in [3.63, 3.8) is 0 Å². The Labute approximate surface area is 97.3 Å². The monoisotopic (exact) mass is 247 g/mol. The van der Waals surface area contributed by atoms with Crippen molar-refractivity contribution in [1.29, 1.82) is 0 Å². The summed E-state index contributed by atoms with van der Waals surface area (Å²) in [5, 5.41) is 12.3. The fraction of sp³-hybridized carbons (Fsp3) is 1.00. The zero-order valence-electron chi connectivity index (χ0n) is 9.56. The second-order valence-corrected chi connectivity index (χ2v) is 7.52. The molecule has 2 aliphatic heterocycles. The Morgan fingerprint density at radius 3 is 2.44 bits per heavy atom.